The number of benzene rings is 1. The largest absolute Gasteiger partial charge is 0.491 e. The molecule has 0 spiro atoms. The highest BCUT2D eigenvalue weighted by Crippen LogP contribution is 1.97. The summed E-state index contributed by atoms with van der Waals surface area (Å²) in [7, 11) is -1.06. The van der Waals surface area contributed by atoms with E-state index in [9.17, 15) is 9.82 Å². The maximum absolute atomic E-state index is 10.6. The van der Waals surface area contributed by atoms with Crippen LogP contribution < -0.4 is 5.46 Å². The van der Waals surface area contributed by atoms with Gasteiger partial charge in [-0.3, -0.25) is 0 Å². The van der Waals surface area contributed by atoms with Crippen LogP contribution in [0.1, 0.15) is 17.3 Å². The van der Waals surface area contributed by atoms with Crippen LogP contribution >= 0.6 is 0 Å². The smallest absolute Gasteiger partial charge is 0.478 e. The number of rotatable bonds is 4. The molecule has 0 amide bonds. The second kappa shape index (κ2) is 4.78. The zero-order valence-electron chi connectivity index (χ0n) is 7.80. The first-order valence-electron chi connectivity index (χ1n) is 4.28. The summed E-state index contributed by atoms with van der Waals surface area (Å²) < 4.78 is 4.93. The van der Waals surface area contributed by atoms with Crippen LogP contribution in [0.15, 0.2) is 24.3 Å². The molecule has 0 aliphatic carbocycles. The van der Waals surface area contributed by atoms with Gasteiger partial charge in [-0.2, -0.15) is 0 Å². The summed E-state index contributed by atoms with van der Waals surface area (Å²) in [6.07, 6.45) is 0. The molecule has 0 heterocycles. The molecular weight excluding hydrogens is 183 g/mol. The Morgan fingerprint density at radius 2 is 2.29 bits per heavy atom. The van der Waals surface area contributed by atoms with E-state index in [2.05, 4.69) is 0 Å². The predicted octanol–water partition coefficient (Wildman–Crippen LogP) is 0.109. The van der Waals surface area contributed by atoms with E-state index in [1.807, 2.05) is 0 Å². The van der Waals surface area contributed by atoms with Gasteiger partial charge in [-0.05, 0) is 24.5 Å². The monoisotopic (exact) mass is 194 g/mol. The summed E-state index contributed by atoms with van der Waals surface area (Å²) in [5, 5.41) is 18.1. The lowest BCUT2D eigenvalue weighted by molar-refractivity contribution is 0.0697. The fraction of sp³-hybridized carbons (Fsp3) is 0.222. The normalized spacial score (nSPS) is 9.86. The fourth-order valence-electron chi connectivity index (χ4n) is 1.08. The van der Waals surface area contributed by atoms with Crippen molar-refractivity contribution in [2.24, 2.45) is 0 Å². The number of carboxylic acid groups (broad SMARTS) is 1. The highest BCUT2D eigenvalue weighted by atomic mass is 16.5. The number of carbonyl (C=O) groups is 1. The van der Waals surface area contributed by atoms with Crippen LogP contribution in [-0.2, 0) is 4.65 Å². The van der Waals surface area contributed by atoms with Crippen LogP contribution in [0.5, 0.6) is 0 Å². The van der Waals surface area contributed by atoms with E-state index in [-0.39, 0.29) is 5.56 Å². The standard InChI is InChI=1S/C9H11BO4/c1-2-14-10(13)8-5-3-4-7(6-8)9(11)12/h3-6,13H,2H2,1H3,(H,11,12). The van der Waals surface area contributed by atoms with Crippen molar-refractivity contribution >= 4 is 18.6 Å². The summed E-state index contributed by atoms with van der Waals surface area (Å²) in [6.45, 7) is 2.13. The molecule has 0 bridgehead atoms. The number of carboxylic acids is 1. The molecule has 74 valence electrons. The van der Waals surface area contributed by atoms with E-state index in [1.165, 1.54) is 12.1 Å². The average molecular weight is 194 g/mol. The van der Waals surface area contributed by atoms with E-state index in [0.29, 0.717) is 12.1 Å². The minimum atomic E-state index is -1.06. The van der Waals surface area contributed by atoms with Gasteiger partial charge in [0.1, 0.15) is 0 Å². The zero-order chi connectivity index (χ0) is 10.6. The Kier molecular flexibility index (Phi) is 3.68. The van der Waals surface area contributed by atoms with Gasteiger partial charge in [-0.15, -0.1) is 0 Å². The average Bonchev–Trinajstić information content (AvgIpc) is 2.18. The summed E-state index contributed by atoms with van der Waals surface area (Å²) in [5.74, 6) is -1.02. The van der Waals surface area contributed by atoms with Crippen LogP contribution in [0.2, 0.25) is 0 Å². The van der Waals surface area contributed by atoms with Gasteiger partial charge >= 0.3 is 13.1 Å². The van der Waals surface area contributed by atoms with Crippen LogP contribution in [-0.4, -0.2) is 29.8 Å². The van der Waals surface area contributed by atoms with Crippen molar-refractivity contribution in [1.82, 2.24) is 0 Å². The third-order valence-electron chi connectivity index (χ3n) is 1.74. The second-order valence-electron chi connectivity index (χ2n) is 2.74. The topological polar surface area (TPSA) is 66.8 Å². The number of aromatic carboxylic acids is 1. The summed E-state index contributed by atoms with van der Waals surface area (Å²) in [6, 6.07) is 6.04. The minimum absolute atomic E-state index is 0.140. The Hall–Kier alpha value is -1.33. The van der Waals surface area contributed by atoms with Crippen LogP contribution in [0.25, 0.3) is 0 Å². The van der Waals surface area contributed by atoms with Gasteiger partial charge in [0.05, 0.1) is 5.56 Å². The van der Waals surface area contributed by atoms with Crippen molar-refractivity contribution < 1.29 is 19.6 Å². The predicted molar refractivity (Wildman–Crippen MR) is 52.6 cm³/mol. The Morgan fingerprint density at radius 1 is 1.57 bits per heavy atom. The summed E-state index contributed by atoms with van der Waals surface area (Å²) in [4.78, 5) is 10.6. The molecule has 4 nitrogen and oxygen atoms in total. The van der Waals surface area contributed by atoms with Crippen LogP contribution in [0.4, 0.5) is 0 Å². The van der Waals surface area contributed by atoms with Crippen LogP contribution in [0, 0.1) is 0 Å². The first-order chi connectivity index (χ1) is 6.65. The Morgan fingerprint density at radius 3 is 2.86 bits per heavy atom. The van der Waals surface area contributed by atoms with Gasteiger partial charge in [-0.1, -0.05) is 12.1 Å². The van der Waals surface area contributed by atoms with Gasteiger partial charge in [0, 0.05) is 6.61 Å². The molecular formula is C9H11BO4. The molecule has 1 aromatic carbocycles. The number of hydrogen-bond acceptors (Lipinski definition) is 3. The molecule has 0 saturated heterocycles. The third kappa shape index (κ3) is 2.58. The molecule has 5 heteroatoms. The highest BCUT2D eigenvalue weighted by molar-refractivity contribution is 6.60. The molecule has 1 aromatic rings. The maximum Gasteiger partial charge on any atom is 0.491 e. The molecule has 0 aliphatic rings. The minimum Gasteiger partial charge on any atom is -0.478 e. The Labute approximate surface area is 82.3 Å². The zero-order valence-corrected chi connectivity index (χ0v) is 7.80. The lowest BCUT2D eigenvalue weighted by Gasteiger charge is -2.06. The van der Waals surface area contributed by atoms with Gasteiger partial charge in [0.15, 0.2) is 0 Å². The van der Waals surface area contributed by atoms with E-state index in [1.54, 1.807) is 19.1 Å². The van der Waals surface area contributed by atoms with Gasteiger partial charge in [0.2, 0.25) is 0 Å². The molecule has 1 rings (SSSR count). The molecule has 0 radical (unpaired) electrons. The summed E-state index contributed by atoms with van der Waals surface area (Å²) in [5.41, 5.74) is 0.591. The lowest BCUT2D eigenvalue weighted by Crippen LogP contribution is -2.34. The van der Waals surface area contributed by atoms with Crippen molar-refractivity contribution in [3.63, 3.8) is 0 Å². The highest BCUT2D eigenvalue weighted by Gasteiger charge is 2.16. The fourth-order valence-corrected chi connectivity index (χ4v) is 1.08. The Bertz CT molecular complexity index is 326. The van der Waals surface area contributed by atoms with Crippen molar-refractivity contribution in [3.8, 4) is 0 Å². The second-order valence-corrected chi connectivity index (χ2v) is 2.74. The van der Waals surface area contributed by atoms with E-state index >= 15 is 0 Å². The van der Waals surface area contributed by atoms with E-state index < -0.39 is 13.1 Å². The molecule has 14 heavy (non-hydrogen) atoms. The molecule has 0 fully saturated rings. The Balaban J connectivity index is 2.87. The molecule has 0 aliphatic heterocycles. The van der Waals surface area contributed by atoms with Crippen LogP contribution in [0.3, 0.4) is 0 Å². The van der Waals surface area contributed by atoms with E-state index in [4.69, 9.17) is 9.76 Å². The number of hydrogen-bond donors (Lipinski definition) is 2. The molecule has 2 N–H and O–H groups in total. The first-order valence-corrected chi connectivity index (χ1v) is 4.28. The molecule has 0 aromatic heterocycles. The maximum atomic E-state index is 10.6. The molecule has 0 unspecified atom stereocenters. The van der Waals surface area contributed by atoms with Crippen molar-refractivity contribution in [3.05, 3.63) is 29.8 Å². The SMILES string of the molecule is CCOB(O)c1cccc(C(=O)O)c1. The van der Waals surface area contributed by atoms with Crippen molar-refractivity contribution in [2.75, 3.05) is 6.61 Å². The first kappa shape index (κ1) is 10.8. The molecule has 0 saturated carbocycles. The van der Waals surface area contributed by atoms with Gasteiger partial charge in [0.25, 0.3) is 0 Å². The summed E-state index contributed by atoms with van der Waals surface area (Å²) >= 11 is 0. The van der Waals surface area contributed by atoms with Gasteiger partial charge < -0.3 is 14.8 Å². The van der Waals surface area contributed by atoms with Crippen molar-refractivity contribution in [1.29, 1.82) is 0 Å². The third-order valence-corrected chi connectivity index (χ3v) is 1.74. The molecule has 0 atom stereocenters. The van der Waals surface area contributed by atoms with Gasteiger partial charge in [-0.25, -0.2) is 4.79 Å². The van der Waals surface area contributed by atoms with Crippen molar-refractivity contribution in [2.45, 2.75) is 6.92 Å². The van der Waals surface area contributed by atoms with E-state index in [0.717, 1.165) is 0 Å². The lowest BCUT2D eigenvalue weighted by atomic mass is 9.79. The quantitative estimate of drug-likeness (QED) is 0.667.